The van der Waals surface area contributed by atoms with Gasteiger partial charge >= 0.3 is 0 Å². The second-order valence-corrected chi connectivity index (χ2v) is 9.69. The first-order valence-corrected chi connectivity index (χ1v) is 12.2. The molecular formula is C29H30N4O2. The monoisotopic (exact) mass is 466 g/mol. The van der Waals surface area contributed by atoms with Crippen LogP contribution in [0.4, 0.5) is 5.69 Å². The summed E-state index contributed by atoms with van der Waals surface area (Å²) in [5.41, 5.74) is 4.99. The number of amides is 1. The molecule has 3 aromatic rings. The zero-order chi connectivity index (χ0) is 24.3. The van der Waals surface area contributed by atoms with Crippen LogP contribution >= 0.6 is 0 Å². The lowest BCUT2D eigenvalue weighted by atomic mass is 9.79. The lowest BCUT2D eigenvalue weighted by Crippen LogP contribution is -2.34. The highest BCUT2D eigenvalue weighted by atomic mass is 16.5. The summed E-state index contributed by atoms with van der Waals surface area (Å²) in [6.07, 6.45) is 4.17. The number of piperidine rings is 1. The molecule has 0 radical (unpaired) electrons. The molecule has 1 saturated heterocycles. The summed E-state index contributed by atoms with van der Waals surface area (Å²) in [6, 6.07) is 22.7. The maximum absolute atomic E-state index is 12.9. The van der Waals surface area contributed by atoms with Crippen LogP contribution in [-0.2, 0) is 23.3 Å². The molecular weight excluding hydrogens is 436 g/mol. The molecule has 0 unspecified atom stereocenters. The molecule has 6 nitrogen and oxygen atoms in total. The van der Waals surface area contributed by atoms with Gasteiger partial charge in [-0.05, 0) is 60.7 Å². The topological polar surface area (TPSA) is 78.2 Å². The normalized spacial score (nSPS) is 21.6. The summed E-state index contributed by atoms with van der Waals surface area (Å²) in [4.78, 5) is 19.8. The molecule has 1 N–H and O–H groups in total. The number of rotatable bonds is 5. The van der Waals surface area contributed by atoms with E-state index in [1.54, 1.807) is 6.07 Å². The number of anilines is 1. The Kier molecular flexibility index (Phi) is 6.52. The van der Waals surface area contributed by atoms with Gasteiger partial charge < -0.3 is 15.0 Å². The van der Waals surface area contributed by atoms with Gasteiger partial charge in [-0.25, -0.2) is 0 Å². The van der Waals surface area contributed by atoms with E-state index >= 15 is 0 Å². The number of nitrogens with zero attached hydrogens (tertiary/aromatic N) is 3. The number of pyridine rings is 1. The van der Waals surface area contributed by atoms with Gasteiger partial charge in [0.15, 0.2) is 0 Å². The molecule has 35 heavy (non-hydrogen) atoms. The highest BCUT2D eigenvalue weighted by molar-refractivity contribution is 5.94. The van der Waals surface area contributed by atoms with Gasteiger partial charge in [-0.1, -0.05) is 36.4 Å². The molecule has 2 aromatic carbocycles. The minimum atomic E-state index is -0.744. The SMILES string of the molecule is C[C@@]1(C#N)COCc2ccc(C(=O)NCc3cc(N4CCC[C@H](c5ccccc5)C4)ccn3)cc21. The van der Waals surface area contributed by atoms with E-state index in [4.69, 9.17) is 4.74 Å². The van der Waals surface area contributed by atoms with Gasteiger partial charge in [-0.3, -0.25) is 9.78 Å². The summed E-state index contributed by atoms with van der Waals surface area (Å²) in [5.74, 6) is 0.351. The van der Waals surface area contributed by atoms with Crippen molar-refractivity contribution >= 4 is 11.6 Å². The van der Waals surface area contributed by atoms with Gasteiger partial charge in [0, 0.05) is 36.5 Å². The molecule has 0 aliphatic carbocycles. The Morgan fingerprint density at radius 1 is 1.23 bits per heavy atom. The summed E-state index contributed by atoms with van der Waals surface area (Å²) >= 11 is 0. The standard InChI is InChI=1S/C29H30N4O2/c1-29(19-30)20-35-18-24-10-9-22(14-27(24)29)28(34)32-16-25-15-26(11-12-31-25)33-13-5-8-23(17-33)21-6-3-2-4-7-21/h2-4,6-7,9-12,14-15,23H,5,8,13,16-18,20H2,1H3,(H,32,34)/t23-,29+/m0/s1. The fraction of sp³-hybridized carbons (Fsp3) is 0.345. The molecule has 1 amide bonds. The third-order valence-corrected chi connectivity index (χ3v) is 7.15. The van der Waals surface area contributed by atoms with Crippen LogP contribution in [0.3, 0.4) is 0 Å². The summed E-state index contributed by atoms with van der Waals surface area (Å²) in [7, 11) is 0. The van der Waals surface area contributed by atoms with Crippen LogP contribution in [0.5, 0.6) is 0 Å². The zero-order valence-corrected chi connectivity index (χ0v) is 20.0. The zero-order valence-electron chi connectivity index (χ0n) is 20.0. The predicted octanol–water partition coefficient (Wildman–Crippen LogP) is 4.71. The molecule has 6 heteroatoms. The van der Waals surface area contributed by atoms with Crippen LogP contribution in [0.1, 0.15) is 58.4 Å². The van der Waals surface area contributed by atoms with E-state index in [2.05, 4.69) is 57.7 Å². The van der Waals surface area contributed by atoms with E-state index < -0.39 is 5.41 Å². The van der Waals surface area contributed by atoms with E-state index in [1.165, 1.54) is 12.0 Å². The predicted molar refractivity (Wildman–Crippen MR) is 135 cm³/mol. The molecule has 5 rings (SSSR count). The number of fused-ring (bicyclic) bond motifs is 1. The minimum Gasteiger partial charge on any atom is -0.375 e. The molecule has 3 heterocycles. The summed E-state index contributed by atoms with van der Waals surface area (Å²) in [6.45, 7) is 5.00. The first-order chi connectivity index (χ1) is 17.1. The molecule has 2 atom stereocenters. The number of carbonyl (C=O) groups excluding carboxylic acids is 1. The number of ether oxygens (including phenoxy) is 1. The van der Waals surface area contributed by atoms with Crippen LogP contribution in [0.15, 0.2) is 66.9 Å². The first-order valence-electron chi connectivity index (χ1n) is 12.2. The van der Waals surface area contributed by atoms with Crippen molar-refractivity contribution in [3.8, 4) is 6.07 Å². The molecule has 1 aromatic heterocycles. The third-order valence-electron chi connectivity index (χ3n) is 7.15. The van der Waals surface area contributed by atoms with E-state index in [0.29, 0.717) is 31.2 Å². The molecule has 2 aliphatic heterocycles. The highest BCUT2D eigenvalue weighted by Crippen LogP contribution is 2.33. The van der Waals surface area contributed by atoms with Crippen LogP contribution in [-0.4, -0.2) is 30.6 Å². The van der Waals surface area contributed by atoms with Gasteiger partial charge in [0.1, 0.15) is 5.41 Å². The van der Waals surface area contributed by atoms with Crippen molar-refractivity contribution in [2.24, 2.45) is 0 Å². The minimum absolute atomic E-state index is 0.172. The molecule has 178 valence electrons. The number of hydrogen-bond acceptors (Lipinski definition) is 5. The number of benzene rings is 2. The summed E-state index contributed by atoms with van der Waals surface area (Å²) in [5, 5.41) is 12.6. The van der Waals surface area contributed by atoms with E-state index in [9.17, 15) is 10.1 Å². The van der Waals surface area contributed by atoms with Crippen LogP contribution in [0, 0.1) is 11.3 Å². The van der Waals surface area contributed by atoms with Gasteiger partial charge in [0.25, 0.3) is 5.91 Å². The molecule has 0 spiro atoms. The van der Waals surface area contributed by atoms with Gasteiger partial charge in [-0.15, -0.1) is 0 Å². The Labute approximate surface area is 206 Å². The Morgan fingerprint density at radius 2 is 2.09 bits per heavy atom. The number of hydrogen-bond donors (Lipinski definition) is 1. The van der Waals surface area contributed by atoms with E-state index in [1.807, 2.05) is 31.3 Å². The van der Waals surface area contributed by atoms with Crippen molar-refractivity contribution in [1.82, 2.24) is 10.3 Å². The Balaban J connectivity index is 1.26. The van der Waals surface area contributed by atoms with Crippen molar-refractivity contribution in [2.45, 2.75) is 44.2 Å². The van der Waals surface area contributed by atoms with Crippen LogP contribution < -0.4 is 10.2 Å². The molecule has 2 aliphatic rings. The largest absolute Gasteiger partial charge is 0.375 e. The van der Waals surface area contributed by atoms with Gasteiger partial charge in [0.05, 0.1) is 31.5 Å². The third kappa shape index (κ3) is 4.91. The lowest BCUT2D eigenvalue weighted by Gasteiger charge is -2.34. The Bertz CT molecular complexity index is 1250. The average molecular weight is 467 g/mol. The average Bonchev–Trinajstić information content (AvgIpc) is 2.92. The molecule has 0 bridgehead atoms. The number of nitrogens with one attached hydrogen (secondary N) is 1. The van der Waals surface area contributed by atoms with Crippen molar-refractivity contribution in [2.75, 3.05) is 24.6 Å². The van der Waals surface area contributed by atoms with Crippen molar-refractivity contribution in [1.29, 1.82) is 5.26 Å². The van der Waals surface area contributed by atoms with Gasteiger partial charge in [-0.2, -0.15) is 5.26 Å². The first kappa shape index (κ1) is 23.1. The highest BCUT2D eigenvalue weighted by Gasteiger charge is 2.33. The van der Waals surface area contributed by atoms with Crippen molar-refractivity contribution in [3.05, 3.63) is 94.8 Å². The fourth-order valence-electron chi connectivity index (χ4n) is 5.13. The Hall–Kier alpha value is -3.69. The Morgan fingerprint density at radius 3 is 2.91 bits per heavy atom. The summed E-state index contributed by atoms with van der Waals surface area (Å²) < 4.78 is 5.57. The second-order valence-electron chi connectivity index (χ2n) is 9.69. The maximum atomic E-state index is 12.9. The van der Waals surface area contributed by atoms with Crippen molar-refractivity contribution < 1.29 is 9.53 Å². The second kappa shape index (κ2) is 9.89. The molecule has 0 saturated carbocycles. The molecule has 1 fully saturated rings. The van der Waals surface area contributed by atoms with Crippen LogP contribution in [0.2, 0.25) is 0 Å². The fourth-order valence-corrected chi connectivity index (χ4v) is 5.13. The maximum Gasteiger partial charge on any atom is 0.251 e. The van der Waals surface area contributed by atoms with Crippen LogP contribution in [0.25, 0.3) is 0 Å². The lowest BCUT2D eigenvalue weighted by molar-refractivity contribution is 0.0757. The van der Waals surface area contributed by atoms with E-state index in [0.717, 1.165) is 42.0 Å². The van der Waals surface area contributed by atoms with E-state index in [-0.39, 0.29) is 5.91 Å². The smallest absolute Gasteiger partial charge is 0.251 e. The van der Waals surface area contributed by atoms with Crippen molar-refractivity contribution in [3.63, 3.8) is 0 Å². The number of nitriles is 1. The quantitative estimate of drug-likeness (QED) is 0.589. The number of aromatic nitrogens is 1. The van der Waals surface area contributed by atoms with Gasteiger partial charge in [0.2, 0.25) is 0 Å². The number of carbonyl (C=O) groups is 1.